The number of hydrogen-bond donors (Lipinski definition) is 5. The Morgan fingerprint density at radius 1 is 1.29 bits per heavy atom. The van der Waals surface area contributed by atoms with Crippen LogP contribution in [0, 0.1) is 0 Å². The van der Waals surface area contributed by atoms with E-state index in [0.717, 1.165) is 5.69 Å². The first-order valence-corrected chi connectivity index (χ1v) is 6.26. The van der Waals surface area contributed by atoms with E-state index in [1.807, 2.05) is 30.3 Å². The molecule has 0 radical (unpaired) electrons. The number of hydrazone groups is 2. The molecule has 8 heteroatoms. The Morgan fingerprint density at radius 3 is 2.43 bits per heavy atom. The van der Waals surface area contributed by atoms with Gasteiger partial charge in [-0.05, 0) is 12.1 Å². The summed E-state index contributed by atoms with van der Waals surface area (Å²) < 4.78 is 0. The largest absolute Gasteiger partial charge is 0.394 e. The van der Waals surface area contributed by atoms with E-state index in [1.54, 1.807) is 7.05 Å². The minimum atomic E-state index is -1.62. The SMILES string of the molecule is CN(/N=C/C(=N/N)C(O)C(O)C(O)CO)c1ccccc1. The number of nitrogens with zero attached hydrogens (tertiary/aromatic N) is 3. The summed E-state index contributed by atoms with van der Waals surface area (Å²) in [4.78, 5) is 0. The molecule has 1 rings (SSSR count). The van der Waals surface area contributed by atoms with Crippen LogP contribution in [0.4, 0.5) is 5.69 Å². The number of benzene rings is 1. The van der Waals surface area contributed by atoms with Crippen LogP contribution in [-0.4, -0.2) is 64.3 Å². The molecule has 0 fully saturated rings. The van der Waals surface area contributed by atoms with Crippen molar-refractivity contribution in [3.05, 3.63) is 30.3 Å². The van der Waals surface area contributed by atoms with Crippen molar-refractivity contribution in [2.75, 3.05) is 18.7 Å². The van der Waals surface area contributed by atoms with Gasteiger partial charge in [-0.3, -0.25) is 5.01 Å². The van der Waals surface area contributed by atoms with Crippen LogP contribution in [0.15, 0.2) is 40.5 Å². The number of para-hydroxylation sites is 1. The molecule has 1 aromatic rings. The van der Waals surface area contributed by atoms with Crippen molar-refractivity contribution in [2.45, 2.75) is 18.3 Å². The van der Waals surface area contributed by atoms with Gasteiger partial charge in [0.2, 0.25) is 0 Å². The number of nitrogens with two attached hydrogens (primary N) is 1. The molecule has 0 aliphatic rings. The molecular weight excluding hydrogens is 276 g/mol. The maximum atomic E-state index is 9.82. The number of hydrogen-bond acceptors (Lipinski definition) is 8. The van der Waals surface area contributed by atoms with Crippen LogP contribution >= 0.6 is 0 Å². The molecule has 0 aliphatic carbocycles. The fourth-order valence-electron chi connectivity index (χ4n) is 1.54. The van der Waals surface area contributed by atoms with Crippen molar-refractivity contribution < 1.29 is 20.4 Å². The number of aliphatic hydroxyl groups is 4. The van der Waals surface area contributed by atoms with Gasteiger partial charge in [-0.15, -0.1) is 0 Å². The fourth-order valence-corrected chi connectivity index (χ4v) is 1.54. The van der Waals surface area contributed by atoms with Crippen molar-refractivity contribution in [1.29, 1.82) is 0 Å². The van der Waals surface area contributed by atoms with Crippen LogP contribution in [-0.2, 0) is 0 Å². The number of aliphatic hydroxyl groups excluding tert-OH is 4. The van der Waals surface area contributed by atoms with Crippen molar-refractivity contribution >= 4 is 17.6 Å². The van der Waals surface area contributed by atoms with E-state index in [1.165, 1.54) is 11.2 Å². The van der Waals surface area contributed by atoms with Gasteiger partial charge in [-0.1, -0.05) is 18.2 Å². The first-order valence-electron chi connectivity index (χ1n) is 6.26. The second kappa shape index (κ2) is 8.32. The van der Waals surface area contributed by atoms with Gasteiger partial charge in [0.1, 0.15) is 24.0 Å². The van der Waals surface area contributed by atoms with Gasteiger partial charge in [-0.25, -0.2) is 0 Å². The zero-order valence-electron chi connectivity index (χ0n) is 11.6. The smallest absolute Gasteiger partial charge is 0.128 e. The van der Waals surface area contributed by atoms with Crippen molar-refractivity contribution in [3.8, 4) is 0 Å². The Morgan fingerprint density at radius 2 is 1.90 bits per heavy atom. The highest BCUT2D eigenvalue weighted by molar-refractivity contribution is 6.32. The lowest BCUT2D eigenvalue weighted by molar-refractivity contribution is -0.0549. The Hall–Kier alpha value is -2.00. The Labute approximate surface area is 122 Å². The summed E-state index contributed by atoms with van der Waals surface area (Å²) in [6.45, 7) is -0.697. The van der Waals surface area contributed by atoms with Crippen LogP contribution in [0.5, 0.6) is 0 Å². The van der Waals surface area contributed by atoms with Crippen molar-refractivity contribution in [1.82, 2.24) is 0 Å². The zero-order chi connectivity index (χ0) is 15.8. The molecule has 21 heavy (non-hydrogen) atoms. The molecule has 0 heterocycles. The summed E-state index contributed by atoms with van der Waals surface area (Å²) in [6, 6.07) is 9.21. The highest BCUT2D eigenvalue weighted by atomic mass is 16.4. The van der Waals surface area contributed by atoms with Gasteiger partial charge >= 0.3 is 0 Å². The van der Waals surface area contributed by atoms with Gasteiger partial charge < -0.3 is 26.3 Å². The van der Waals surface area contributed by atoms with E-state index in [2.05, 4.69) is 10.2 Å². The number of rotatable bonds is 7. The Balaban J connectivity index is 2.76. The van der Waals surface area contributed by atoms with E-state index >= 15 is 0 Å². The maximum absolute atomic E-state index is 9.82. The van der Waals surface area contributed by atoms with Gasteiger partial charge in [0, 0.05) is 7.05 Å². The molecule has 0 amide bonds. The van der Waals surface area contributed by atoms with Crippen molar-refractivity contribution in [2.24, 2.45) is 16.0 Å². The normalized spacial score (nSPS) is 16.7. The lowest BCUT2D eigenvalue weighted by Crippen LogP contribution is -2.44. The number of anilines is 1. The van der Waals surface area contributed by atoms with Gasteiger partial charge in [0.05, 0.1) is 18.5 Å². The first kappa shape index (κ1) is 17.1. The second-order valence-electron chi connectivity index (χ2n) is 4.34. The predicted octanol–water partition coefficient (Wildman–Crippen LogP) is -1.50. The third-order valence-corrected chi connectivity index (χ3v) is 2.85. The summed E-state index contributed by atoms with van der Waals surface area (Å²) in [5, 5.41) is 46.3. The molecule has 1 aromatic carbocycles. The molecule has 0 aliphatic heterocycles. The Bertz CT molecular complexity index is 480. The van der Waals surface area contributed by atoms with E-state index < -0.39 is 24.9 Å². The molecule has 0 saturated heterocycles. The van der Waals surface area contributed by atoms with Crippen molar-refractivity contribution in [3.63, 3.8) is 0 Å². The van der Waals surface area contributed by atoms with Crippen LogP contribution in [0.3, 0.4) is 0 Å². The van der Waals surface area contributed by atoms with E-state index in [0.29, 0.717) is 0 Å². The van der Waals surface area contributed by atoms with Crippen LogP contribution in [0.25, 0.3) is 0 Å². The molecule has 3 unspecified atom stereocenters. The topological polar surface area (TPSA) is 135 Å². The average Bonchev–Trinajstić information content (AvgIpc) is 2.54. The van der Waals surface area contributed by atoms with Crippen LogP contribution in [0.2, 0.25) is 0 Å². The minimum absolute atomic E-state index is 0.127. The predicted molar refractivity (Wildman–Crippen MR) is 80.1 cm³/mol. The first-order chi connectivity index (χ1) is 10.0. The molecular formula is C13H20N4O4. The summed E-state index contributed by atoms with van der Waals surface area (Å²) >= 11 is 0. The lowest BCUT2D eigenvalue weighted by Gasteiger charge is -2.21. The summed E-state index contributed by atoms with van der Waals surface area (Å²) in [5.74, 6) is 5.14. The van der Waals surface area contributed by atoms with Gasteiger partial charge in [0.25, 0.3) is 0 Å². The summed E-state index contributed by atoms with van der Waals surface area (Å²) in [7, 11) is 1.69. The quantitative estimate of drug-likeness (QED) is 0.236. The molecule has 0 aromatic heterocycles. The zero-order valence-corrected chi connectivity index (χ0v) is 11.6. The third-order valence-electron chi connectivity index (χ3n) is 2.85. The third kappa shape index (κ3) is 4.80. The highest BCUT2D eigenvalue weighted by Gasteiger charge is 2.27. The molecule has 0 bridgehead atoms. The molecule has 0 saturated carbocycles. The lowest BCUT2D eigenvalue weighted by atomic mass is 10.0. The molecule has 6 N–H and O–H groups in total. The monoisotopic (exact) mass is 296 g/mol. The molecule has 0 spiro atoms. The Kier molecular flexibility index (Phi) is 6.76. The van der Waals surface area contributed by atoms with E-state index in [-0.39, 0.29) is 5.71 Å². The second-order valence-corrected chi connectivity index (χ2v) is 4.34. The molecule has 8 nitrogen and oxygen atoms in total. The fraction of sp³-hybridized carbons (Fsp3) is 0.385. The molecule has 3 atom stereocenters. The maximum Gasteiger partial charge on any atom is 0.128 e. The summed E-state index contributed by atoms with van der Waals surface area (Å²) in [5.41, 5.74) is 0.674. The summed E-state index contributed by atoms with van der Waals surface area (Å²) in [6.07, 6.45) is -3.52. The van der Waals surface area contributed by atoms with E-state index in [9.17, 15) is 15.3 Å². The standard InChI is InChI=1S/C13H20N4O4/c1-17(9-5-3-2-4-6-9)15-7-10(16-14)12(20)13(21)11(19)8-18/h2-7,11-13,18-21H,8,14H2,1H3/b15-7+,16-10-. The molecule has 116 valence electrons. The van der Waals surface area contributed by atoms with Crippen LogP contribution in [0.1, 0.15) is 0 Å². The van der Waals surface area contributed by atoms with Gasteiger partial charge in [0.15, 0.2) is 0 Å². The van der Waals surface area contributed by atoms with Crippen LogP contribution < -0.4 is 10.9 Å². The average molecular weight is 296 g/mol. The van der Waals surface area contributed by atoms with E-state index in [4.69, 9.17) is 10.9 Å². The highest BCUT2D eigenvalue weighted by Crippen LogP contribution is 2.10. The minimum Gasteiger partial charge on any atom is -0.394 e. The van der Waals surface area contributed by atoms with Gasteiger partial charge in [-0.2, -0.15) is 10.2 Å².